The van der Waals surface area contributed by atoms with Crippen LogP contribution in [0.15, 0.2) is 61.0 Å². The molecule has 5 atom stereocenters. The Bertz CT molecular complexity index is 1380. The number of methoxy groups -OCH3 is 1. The minimum Gasteiger partial charge on any atom is -0.495 e. The molecule has 0 bridgehead atoms. The molecular weight excluding hydrogens is 598 g/mol. The topological polar surface area (TPSA) is 133 Å². The van der Waals surface area contributed by atoms with Crippen molar-refractivity contribution in [3.8, 4) is 5.75 Å². The zero-order chi connectivity index (χ0) is 32.9. The Morgan fingerprint density at radius 1 is 1.07 bits per heavy atom. The van der Waals surface area contributed by atoms with Gasteiger partial charge in [-0.2, -0.15) is 0 Å². The van der Waals surface area contributed by atoms with Gasteiger partial charge in [0, 0.05) is 37.7 Å². The lowest BCUT2D eigenvalue weighted by Crippen LogP contribution is -2.49. The van der Waals surface area contributed by atoms with E-state index >= 15 is 0 Å². The van der Waals surface area contributed by atoms with Crippen molar-refractivity contribution in [1.82, 2.24) is 15.6 Å². The number of hydrogen-bond donors (Lipinski definition) is 2. The first-order chi connectivity index (χ1) is 21.5. The van der Waals surface area contributed by atoms with Gasteiger partial charge >= 0.3 is 11.9 Å². The van der Waals surface area contributed by atoms with Gasteiger partial charge in [-0.25, -0.2) is 4.79 Å². The highest BCUT2D eigenvalue weighted by molar-refractivity contribution is 6.32. The molecule has 1 aromatic heterocycles. The van der Waals surface area contributed by atoms with Crippen LogP contribution in [0.4, 0.5) is 0 Å². The van der Waals surface area contributed by atoms with E-state index in [0.29, 0.717) is 16.3 Å². The molecule has 3 rings (SSSR count). The molecule has 0 spiro atoms. The number of aromatic nitrogens is 1. The predicted molar refractivity (Wildman–Crippen MR) is 171 cm³/mol. The van der Waals surface area contributed by atoms with Crippen molar-refractivity contribution in [2.45, 2.75) is 65.2 Å². The highest BCUT2D eigenvalue weighted by Gasteiger charge is 2.31. The molecule has 1 aliphatic heterocycles. The average Bonchev–Trinajstić information content (AvgIpc) is 3.01. The van der Waals surface area contributed by atoms with E-state index in [0.717, 1.165) is 5.56 Å². The maximum absolute atomic E-state index is 13.4. The Balaban J connectivity index is 1.89. The first kappa shape index (κ1) is 35.3. The lowest BCUT2D eigenvalue weighted by atomic mass is 9.99. The van der Waals surface area contributed by atoms with Crippen molar-refractivity contribution in [3.63, 3.8) is 0 Å². The number of halogens is 1. The second-order valence-electron chi connectivity index (χ2n) is 11.5. The Hall–Kier alpha value is -4.18. The number of carbonyl (C=O) groups excluding carboxylic acids is 4. The van der Waals surface area contributed by atoms with Gasteiger partial charge in [-0.1, -0.05) is 63.6 Å². The molecule has 45 heavy (non-hydrogen) atoms. The Kier molecular flexibility index (Phi) is 13.6. The van der Waals surface area contributed by atoms with Gasteiger partial charge in [0.1, 0.15) is 17.9 Å². The molecule has 0 radical (unpaired) electrons. The standard InChI is InChI=1S/C34H42ClN3O7/c1-21(2)17-30-34(42)44-28(22(3)9-10-24-13-15-36-16-14-24)7-6-8-31(39)38-27(32(40)37-20-23(4)33(41)45-30)19-25-11-12-29(43-5)26(35)18-25/h6,8-16,18,21-23,27-28,30H,7,17,19-20H2,1-5H3,(H,37,40)(H,38,39)/b8-6+,10-9+/t22?,23-,27-,28+,30+/m1/s1. The molecule has 2 aromatic rings. The maximum Gasteiger partial charge on any atom is 0.347 e. The van der Waals surface area contributed by atoms with Gasteiger partial charge in [0.05, 0.1) is 18.1 Å². The molecule has 242 valence electrons. The number of carbonyl (C=O) groups is 4. The molecule has 1 aromatic carbocycles. The lowest BCUT2D eigenvalue weighted by molar-refractivity contribution is -0.175. The molecule has 2 N–H and O–H groups in total. The number of esters is 2. The number of hydrogen-bond acceptors (Lipinski definition) is 8. The van der Waals surface area contributed by atoms with Crippen molar-refractivity contribution >= 4 is 41.4 Å². The molecule has 1 aliphatic rings. The minimum absolute atomic E-state index is 0.0363. The predicted octanol–water partition coefficient (Wildman–Crippen LogP) is 4.70. The molecule has 11 heteroatoms. The molecular formula is C34H42ClN3O7. The summed E-state index contributed by atoms with van der Waals surface area (Å²) in [7, 11) is 1.50. The van der Waals surface area contributed by atoms with Gasteiger partial charge in [-0.05, 0) is 53.8 Å². The lowest BCUT2D eigenvalue weighted by Gasteiger charge is -2.26. The van der Waals surface area contributed by atoms with Gasteiger partial charge < -0.3 is 24.8 Å². The van der Waals surface area contributed by atoms with Crippen LogP contribution in [0.2, 0.25) is 5.02 Å². The van der Waals surface area contributed by atoms with E-state index in [1.54, 1.807) is 43.6 Å². The van der Waals surface area contributed by atoms with Crippen LogP contribution in [0.5, 0.6) is 5.75 Å². The summed E-state index contributed by atoms with van der Waals surface area (Å²) in [6.07, 6.45) is 8.90. The number of amides is 2. The second kappa shape index (κ2) is 17.3. The quantitative estimate of drug-likeness (QED) is 0.397. The van der Waals surface area contributed by atoms with E-state index in [4.69, 9.17) is 25.8 Å². The first-order valence-corrected chi connectivity index (χ1v) is 15.4. The largest absolute Gasteiger partial charge is 0.495 e. The summed E-state index contributed by atoms with van der Waals surface area (Å²) in [5.74, 6) is -2.80. The summed E-state index contributed by atoms with van der Waals surface area (Å²) < 4.78 is 16.8. The third kappa shape index (κ3) is 11.4. The Morgan fingerprint density at radius 3 is 2.47 bits per heavy atom. The molecule has 1 unspecified atom stereocenters. The van der Waals surface area contributed by atoms with Gasteiger partial charge in [-0.3, -0.25) is 19.4 Å². The first-order valence-electron chi connectivity index (χ1n) is 15.0. The normalized spacial score (nSPS) is 23.5. The average molecular weight is 640 g/mol. The number of pyridine rings is 1. The molecule has 2 amide bonds. The van der Waals surface area contributed by atoms with Crippen LogP contribution in [0.1, 0.15) is 51.7 Å². The van der Waals surface area contributed by atoms with Crippen LogP contribution < -0.4 is 15.4 Å². The maximum atomic E-state index is 13.4. The van der Waals surface area contributed by atoms with Gasteiger partial charge in [0.2, 0.25) is 11.8 Å². The molecule has 0 saturated heterocycles. The number of ether oxygens (including phenoxy) is 3. The minimum atomic E-state index is -1.12. The zero-order valence-corrected chi connectivity index (χ0v) is 27.1. The molecule has 0 saturated carbocycles. The second-order valence-corrected chi connectivity index (χ2v) is 12.0. The fraction of sp³-hybridized carbons (Fsp3) is 0.441. The Labute approximate surface area is 269 Å². The highest BCUT2D eigenvalue weighted by atomic mass is 35.5. The summed E-state index contributed by atoms with van der Waals surface area (Å²) in [5.41, 5.74) is 1.62. The van der Waals surface area contributed by atoms with Gasteiger partial charge in [0.25, 0.3) is 0 Å². The summed E-state index contributed by atoms with van der Waals surface area (Å²) in [4.78, 5) is 56.7. The summed E-state index contributed by atoms with van der Waals surface area (Å²) in [6.45, 7) is 7.26. The van der Waals surface area contributed by atoms with Crippen molar-refractivity contribution in [1.29, 1.82) is 0 Å². The van der Waals surface area contributed by atoms with Crippen molar-refractivity contribution < 1.29 is 33.4 Å². The smallest absolute Gasteiger partial charge is 0.347 e. The number of rotatable bonds is 8. The fourth-order valence-electron chi connectivity index (χ4n) is 4.60. The van der Waals surface area contributed by atoms with Crippen LogP contribution in [0, 0.1) is 17.8 Å². The third-order valence-corrected chi connectivity index (χ3v) is 7.57. The van der Waals surface area contributed by atoms with E-state index in [1.807, 2.05) is 45.1 Å². The van der Waals surface area contributed by atoms with Gasteiger partial charge in [-0.15, -0.1) is 0 Å². The van der Waals surface area contributed by atoms with E-state index in [2.05, 4.69) is 15.6 Å². The monoisotopic (exact) mass is 639 g/mol. The summed E-state index contributed by atoms with van der Waals surface area (Å²) in [5, 5.41) is 5.84. The number of benzene rings is 1. The Morgan fingerprint density at radius 2 is 1.80 bits per heavy atom. The van der Waals surface area contributed by atoms with Crippen LogP contribution >= 0.6 is 11.6 Å². The van der Waals surface area contributed by atoms with E-state index < -0.39 is 47.9 Å². The third-order valence-electron chi connectivity index (χ3n) is 7.27. The number of nitrogens with zero attached hydrogens (tertiary/aromatic N) is 1. The molecule has 2 heterocycles. The SMILES string of the molecule is COc1ccc(C[C@H]2NC(=O)/C=C/C[C@@H](C(C)/C=C/c3ccncc3)OC(=O)[C@H](CC(C)C)OC(=O)[C@H](C)CNC2=O)cc1Cl. The van der Waals surface area contributed by atoms with Crippen molar-refractivity contribution in [3.05, 3.63) is 77.1 Å². The van der Waals surface area contributed by atoms with Crippen LogP contribution in [-0.4, -0.2) is 60.6 Å². The van der Waals surface area contributed by atoms with E-state index in [9.17, 15) is 19.2 Å². The van der Waals surface area contributed by atoms with Crippen LogP contribution in [0.25, 0.3) is 6.08 Å². The fourth-order valence-corrected chi connectivity index (χ4v) is 4.88. The van der Waals surface area contributed by atoms with E-state index in [1.165, 1.54) is 13.2 Å². The van der Waals surface area contributed by atoms with Gasteiger partial charge in [0.15, 0.2) is 6.10 Å². The zero-order valence-electron chi connectivity index (χ0n) is 26.3. The molecule has 10 nitrogen and oxygen atoms in total. The van der Waals surface area contributed by atoms with Crippen molar-refractivity contribution in [2.24, 2.45) is 17.8 Å². The van der Waals surface area contributed by atoms with Crippen molar-refractivity contribution in [2.75, 3.05) is 13.7 Å². The van der Waals surface area contributed by atoms with E-state index in [-0.39, 0.29) is 37.6 Å². The van der Waals surface area contributed by atoms with Crippen LogP contribution in [0.3, 0.4) is 0 Å². The summed E-state index contributed by atoms with van der Waals surface area (Å²) >= 11 is 6.29. The molecule has 0 aliphatic carbocycles. The number of cyclic esters (lactones) is 2. The highest BCUT2D eigenvalue weighted by Crippen LogP contribution is 2.26. The summed E-state index contributed by atoms with van der Waals surface area (Å²) in [6, 6.07) is 7.85. The van der Waals surface area contributed by atoms with Crippen LogP contribution in [-0.2, 0) is 35.1 Å². The number of nitrogens with one attached hydrogen (secondary N) is 2. The molecule has 0 fully saturated rings.